The Morgan fingerprint density at radius 2 is 1.93 bits per heavy atom. The molecule has 84 valence electrons. The number of amides is 1. The van der Waals surface area contributed by atoms with Gasteiger partial charge in [0.25, 0.3) is 0 Å². The summed E-state index contributed by atoms with van der Waals surface area (Å²) in [5, 5.41) is 2.56. The quantitative estimate of drug-likeness (QED) is 0.751. The minimum absolute atomic E-state index is 0.0173. The fraction of sp³-hybridized carbons (Fsp3) is 0.875. The van der Waals surface area contributed by atoms with Gasteiger partial charge in [0, 0.05) is 12.8 Å². The van der Waals surface area contributed by atoms with Crippen molar-refractivity contribution in [1.29, 1.82) is 0 Å². The molecule has 0 spiro atoms. The van der Waals surface area contributed by atoms with Crippen LogP contribution in [0.2, 0.25) is 0 Å². The zero-order valence-electron chi connectivity index (χ0n) is 8.58. The first-order chi connectivity index (χ1) is 6.24. The third-order valence-electron chi connectivity index (χ3n) is 1.61. The molecule has 4 nitrogen and oxygen atoms in total. The maximum absolute atomic E-state index is 11.3. The van der Waals surface area contributed by atoms with E-state index in [1.54, 1.807) is 0 Å². The number of sulfone groups is 1. The molecular formula is C8H16BrNO3S. The van der Waals surface area contributed by atoms with E-state index in [0.717, 1.165) is 6.26 Å². The van der Waals surface area contributed by atoms with Crippen molar-refractivity contribution in [3.05, 3.63) is 0 Å². The first-order valence-electron chi connectivity index (χ1n) is 4.33. The second-order valence-corrected chi connectivity index (χ2v) is 6.81. The van der Waals surface area contributed by atoms with E-state index < -0.39 is 9.84 Å². The van der Waals surface area contributed by atoms with E-state index >= 15 is 0 Å². The molecule has 0 saturated heterocycles. The van der Waals surface area contributed by atoms with Crippen molar-refractivity contribution in [3.63, 3.8) is 0 Å². The number of carbonyl (C=O) groups excluding carboxylic acids is 1. The predicted octanol–water partition coefficient (Wildman–Crippen LogP) is 0.567. The minimum Gasteiger partial charge on any atom is -0.354 e. The summed E-state index contributed by atoms with van der Waals surface area (Å²) in [7, 11) is -3.00. The zero-order valence-corrected chi connectivity index (χ0v) is 11.0. The monoisotopic (exact) mass is 285 g/mol. The smallest absolute Gasteiger partial charge is 0.234 e. The van der Waals surface area contributed by atoms with Gasteiger partial charge < -0.3 is 5.32 Å². The van der Waals surface area contributed by atoms with Crippen LogP contribution in [0.1, 0.15) is 13.8 Å². The third kappa shape index (κ3) is 6.37. The predicted molar refractivity (Wildman–Crippen MR) is 60.3 cm³/mol. The van der Waals surface area contributed by atoms with Crippen LogP contribution in [0.15, 0.2) is 0 Å². The van der Waals surface area contributed by atoms with E-state index in [2.05, 4.69) is 21.2 Å². The molecular weight excluding hydrogens is 270 g/mol. The Morgan fingerprint density at radius 1 is 1.43 bits per heavy atom. The topological polar surface area (TPSA) is 63.2 Å². The summed E-state index contributed by atoms with van der Waals surface area (Å²) in [5.74, 6) is 0.00759. The largest absolute Gasteiger partial charge is 0.354 e. The van der Waals surface area contributed by atoms with Crippen molar-refractivity contribution in [2.45, 2.75) is 18.7 Å². The summed E-state index contributed by atoms with van der Waals surface area (Å²) in [6, 6.07) is 0. The Balaban J connectivity index is 3.87. The Hall–Kier alpha value is -0.100. The number of nitrogens with one attached hydrogen (secondary N) is 1. The average molecular weight is 286 g/mol. The Kier molecular flexibility index (Phi) is 5.66. The lowest BCUT2D eigenvalue weighted by molar-refractivity contribution is -0.120. The second kappa shape index (κ2) is 5.70. The molecule has 1 N–H and O–H groups in total. The molecule has 0 aliphatic heterocycles. The van der Waals surface area contributed by atoms with Crippen LogP contribution in [-0.4, -0.2) is 37.7 Å². The molecule has 0 aromatic heterocycles. The molecule has 0 rings (SSSR count). The summed E-state index contributed by atoms with van der Waals surface area (Å²) < 4.78 is 21.5. The van der Waals surface area contributed by atoms with Gasteiger partial charge in [-0.1, -0.05) is 29.8 Å². The third-order valence-corrected chi connectivity index (χ3v) is 4.03. The SMILES string of the molecule is CC(C)C(Br)C(=O)NCCS(C)(=O)=O. The van der Waals surface area contributed by atoms with Gasteiger partial charge in [0.05, 0.1) is 10.6 Å². The van der Waals surface area contributed by atoms with Crippen molar-refractivity contribution >= 4 is 31.7 Å². The lowest BCUT2D eigenvalue weighted by atomic mass is 10.1. The summed E-state index contributed by atoms with van der Waals surface area (Å²) >= 11 is 3.23. The molecule has 0 heterocycles. The van der Waals surface area contributed by atoms with Crippen molar-refractivity contribution in [2.75, 3.05) is 18.6 Å². The fourth-order valence-electron chi connectivity index (χ4n) is 0.760. The fourth-order valence-corrected chi connectivity index (χ4v) is 1.39. The van der Waals surface area contributed by atoms with Crippen LogP contribution in [0.25, 0.3) is 0 Å². The number of hydrogen-bond donors (Lipinski definition) is 1. The highest BCUT2D eigenvalue weighted by atomic mass is 79.9. The van der Waals surface area contributed by atoms with Gasteiger partial charge in [0.15, 0.2) is 0 Å². The molecule has 0 bridgehead atoms. The maximum Gasteiger partial charge on any atom is 0.234 e. The van der Waals surface area contributed by atoms with Gasteiger partial charge in [-0.25, -0.2) is 8.42 Å². The van der Waals surface area contributed by atoms with E-state index in [1.165, 1.54) is 0 Å². The zero-order chi connectivity index (χ0) is 11.4. The molecule has 0 fully saturated rings. The molecule has 1 amide bonds. The van der Waals surface area contributed by atoms with E-state index in [0.29, 0.717) is 0 Å². The van der Waals surface area contributed by atoms with Crippen LogP contribution >= 0.6 is 15.9 Å². The number of carbonyl (C=O) groups is 1. The molecule has 0 aromatic carbocycles. The molecule has 0 aliphatic carbocycles. The van der Waals surface area contributed by atoms with Crippen LogP contribution < -0.4 is 5.32 Å². The Bertz CT molecular complexity index is 287. The van der Waals surface area contributed by atoms with Gasteiger partial charge in [-0.15, -0.1) is 0 Å². The van der Waals surface area contributed by atoms with Crippen LogP contribution in [0.3, 0.4) is 0 Å². The highest BCUT2D eigenvalue weighted by Crippen LogP contribution is 2.11. The van der Waals surface area contributed by atoms with E-state index in [-0.39, 0.29) is 28.9 Å². The Labute approximate surface area is 93.5 Å². The molecule has 0 radical (unpaired) electrons. The second-order valence-electron chi connectivity index (χ2n) is 3.57. The van der Waals surface area contributed by atoms with E-state index in [9.17, 15) is 13.2 Å². The van der Waals surface area contributed by atoms with Crippen molar-refractivity contribution in [3.8, 4) is 0 Å². The first kappa shape index (κ1) is 13.9. The lowest BCUT2D eigenvalue weighted by Crippen LogP contribution is -2.36. The average Bonchev–Trinajstić information content (AvgIpc) is 2.00. The van der Waals surface area contributed by atoms with Gasteiger partial charge >= 0.3 is 0 Å². The van der Waals surface area contributed by atoms with Gasteiger partial charge in [-0.2, -0.15) is 0 Å². The molecule has 1 atom stereocenters. The van der Waals surface area contributed by atoms with Gasteiger partial charge in [-0.05, 0) is 5.92 Å². The highest BCUT2D eigenvalue weighted by Gasteiger charge is 2.18. The van der Waals surface area contributed by atoms with Crippen LogP contribution in [0.4, 0.5) is 0 Å². The van der Waals surface area contributed by atoms with Gasteiger partial charge in [0.2, 0.25) is 5.91 Å². The summed E-state index contributed by atoms with van der Waals surface area (Å²) in [4.78, 5) is 11.1. The van der Waals surface area contributed by atoms with Crippen molar-refractivity contribution in [2.24, 2.45) is 5.92 Å². The van der Waals surface area contributed by atoms with Crippen LogP contribution in [0.5, 0.6) is 0 Å². The number of alkyl halides is 1. The maximum atomic E-state index is 11.3. The van der Waals surface area contributed by atoms with E-state index in [4.69, 9.17) is 0 Å². The van der Waals surface area contributed by atoms with Crippen LogP contribution in [-0.2, 0) is 14.6 Å². The minimum atomic E-state index is -3.00. The van der Waals surface area contributed by atoms with Crippen molar-refractivity contribution < 1.29 is 13.2 Å². The van der Waals surface area contributed by atoms with Gasteiger partial charge in [0.1, 0.15) is 9.84 Å². The normalized spacial score (nSPS) is 14.1. The number of rotatable bonds is 5. The molecule has 0 saturated carbocycles. The van der Waals surface area contributed by atoms with Gasteiger partial charge in [-0.3, -0.25) is 4.79 Å². The number of halogens is 1. The summed E-state index contributed by atoms with van der Waals surface area (Å²) in [6.07, 6.45) is 1.15. The molecule has 1 unspecified atom stereocenters. The molecule has 0 aliphatic rings. The number of hydrogen-bond acceptors (Lipinski definition) is 3. The van der Waals surface area contributed by atoms with Crippen molar-refractivity contribution in [1.82, 2.24) is 5.32 Å². The Morgan fingerprint density at radius 3 is 2.29 bits per heavy atom. The summed E-state index contributed by atoms with van der Waals surface area (Å²) in [6.45, 7) is 4.00. The van der Waals surface area contributed by atoms with Crippen LogP contribution in [0, 0.1) is 5.92 Å². The first-order valence-corrected chi connectivity index (χ1v) is 7.31. The lowest BCUT2D eigenvalue weighted by Gasteiger charge is -2.13. The highest BCUT2D eigenvalue weighted by molar-refractivity contribution is 9.10. The summed E-state index contributed by atoms with van der Waals surface area (Å²) in [5.41, 5.74) is 0. The van der Waals surface area contributed by atoms with E-state index in [1.807, 2.05) is 13.8 Å². The standard InChI is InChI=1S/C8H16BrNO3S/c1-6(2)7(9)8(11)10-4-5-14(3,12)13/h6-7H,4-5H2,1-3H3,(H,10,11). The molecule has 0 aromatic rings. The molecule has 14 heavy (non-hydrogen) atoms. The molecule has 6 heteroatoms.